The van der Waals surface area contributed by atoms with Crippen LogP contribution >= 0.6 is 0 Å². The summed E-state index contributed by atoms with van der Waals surface area (Å²) in [4.78, 5) is 29.7. The number of hydrogen-bond acceptors (Lipinski definition) is 6. The molecule has 7 nitrogen and oxygen atoms in total. The van der Waals surface area contributed by atoms with E-state index in [9.17, 15) is 14.7 Å². The number of ketones is 1. The van der Waals surface area contributed by atoms with Gasteiger partial charge in [-0.3, -0.25) is 9.59 Å². The van der Waals surface area contributed by atoms with Crippen LogP contribution in [0.1, 0.15) is 37.4 Å². The molecule has 1 amide bonds. The Bertz CT molecular complexity index is 1010. The molecule has 0 saturated carbocycles. The maximum atomic E-state index is 13.1. The third-order valence-corrected chi connectivity index (χ3v) is 5.44. The van der Waals surface area contributed by atoms with Crippen molar-refractivity contribution in [2.24, 2.45) is 0 Å². The second kappa shape index (κ2) is 11.0. The summed E-state index contributed by atoms with van der Waals surface area (Å²) in [5, 5.41) is 11.2. The molecule has 1 heterocycles. The van der Waals surface area contributed by atoms with Gasteiger partial charge in [0, 0.05) is 24.2 Å². The Hall–Kier alpha value is -3.32. The zero-order valence-corrected chi connectivity index (χ0v) is 19.7. The smallest absolute Gasteiger partial charge is 0.295 e. The van der Waals surface area contributed by atoms with Crippen molar-refractivity contribution in [1.29, 1.82) is 0 Å². The van der Waals surface area contributed by atoms with E-state index >= 15 is 0 Å². The van der Waals surface area contributed by atoms with E-state index in [2.05, 4.69) is 0 Å². The van der Waals surface area contributed by atoms with Crippen molar-refractivity contribution in [1.82, 2.24) is 9.80 Å². The third-order valence-electron chi connectivity index (χ3n) is 5.44. The summed E-state index contributed by atoms with van der Waals surface area (Å²) in [5.41, 5.74) is 1.18. The molecule has 1 N–H and O–H groups in total. The van der Waals surface area contributed by atoms with E-state index < -0.39 is 17.7 Å². The molecule has 2 aromatic carbocycles. The molecule has 0 spiro atoms. The fourth-order valence-electron chi connectivity index (χ4n) is 3.82. The number of likely N-dealkylation sites (tertiary alicyclic amines) is 1. The molecule has 1 aliphatic heterocycles. The molecule has 0 aromatic heterocycles. The van der Waals surface area contributed by atoms with Gasteiger partial charge >= 0.3 is 0 Å². The average molecular weight is 453 g/mol. The highest BCUT2D eigenvalue weighted by molar-refractivity contribution is 6.46. The van der Waals surface area contributed by atoms with Crippen molar-refractivity contribution < 1.29 is 24.2 Å². The lowest BCUT2D eigenvalue weighted by Gasteiger charge is -2.27. The highest BCUT2D eigenvalue weighted by Gasteiger charge is 2.46. The van der Waals surface area contributed by atoms with E-state index in [1.807, 2.05) is 57.1 Å². The lowest BCUT2D eigenvalue weighted by Crippen LogP contribution is -2.35. The lowest BCUT2D eigenvalue weighted by molar-refractivity contribution is -0.140. The van der Waals surface area contributed by atoms with Gasteiger partial charge in [-0.2, -0.15) is 0 Å². The minimum absolute atomic E-state index is 0.0631. The summed E-state index contributed by atoms with van der Waals surface area (Å²) in [7, 11) is 3.81. The van der Waals surface area contributed by atoms with Crippen LogP contribution in [-0.4, -0.2) is 67.0 Å². The van der Waals surface area contributed by atoms with Crippen LogP contribution in [0.15, 0.2) is 54.1 Å². The Morgan fingerprint density at radius 1 is 1.03 bits per heavy atom. The first-order valence-corrected chi connectivity index (χ1v) is 11.3. The molecule has 1 saturated heterocycles. The van der Waals surface area contributed by atoms with E-state index in [1.54, 1.807) is 24.3 Å². The lowest BCUT2D eigenvalue weighted by atomic mass is 9.94. The van der Waals surface area contributed by atoms with E-state index in [0.29, 0.717) is 48.9 Å². The van der Waals surface area contributed by atoms with Crippen LogP contribution in [-0.2, 0) is 9.59 Å². The third kappa shape index (κ3) is 5.37. The maximum Gasteiger partial charge on any atom is 0.295 e. The summed E-state index contributed by atoms with van der Waals surface area (Å²) >= 11 is 0. The second-order valence-electron chi connectivity index (χ2n) is 8.14. The second-order valence-corrected chi connectivity index (χ2v) is 8.14. The summed E-state index contributed by atoms with van der Waals surface area (Å²) in [6, 6.07) is 13.5. The number of aliphatic hydroxyl groups is 1. The maximum absolute atomic E-state index is 13.1. The Labute approximate surface area is 195 Å². The predicted molar refractivity (Wildman–Crippen MR) is 127 cm³/mol. The van der Waals surface area contributed by atoms with E-state index in [-0.39, 0.29) is 11.3 Å². The van der Waals surface area contributed by atoms with Gasteiger partial charge in [-0.1, -0.05) is 25.1 Å². The van der Waals surface area contributed by atoms with Gasteiger partial charge in [0.2, 0.25) is 0 Å². The number of hydrogen-bond donors (Lipinski definition) is 1. The molecule has 1 unspecified atom stereocenters. The summed E-state index contributed by atoms with van der Waals surface area (Å²) < 4.78 is 11.4. The van der Waals surface area contributed by atoms with Crippen LogP contribution in [0.2, 0.25) is 0 Å². The Morgan fingerprint density at radius 3 is 2.36 bits per heavy atom. The molecular formula is C26H32N2O5. The first-order chi connectivity index (χ1) is 15.9. The zero-order valence-electron chi connectivity index (χ0n) is 19.7. The normalized spacial score (nSPS) is 17.6. The number of aliphatic hydroxyl groups excluding tert-OH is 1. The molecule has 33 heavy (non-hydrogen) atoms. The number of para-hydroxylation sites is 1. The van der Waals surface area contributed by atoms with Gasteiger partial charge in [-0.25, -0.2) is 0 Å². The number of benzene rings is 2. The predicted octanol–water partition coefficient (Wildman–Crippen LogP) is 3.86. The molecule has 0 radical (unpaired) electrons. The monoisotopic (exact) mass is 452 g/mol. The van der Waals surface area contributed by atoms with E-state index in [4.69, 9.17) is 9.47 Å². The first kappa shape index (κ1) is 24.3. The van der Waals surface area contributed by atoms with E-state index in [1.165, 1.54) is 4.90 Å². The van der Waals surface area contributed by atoms with Gasteiger partial charge < -0.3 is 24.4 Å². The number of Topliss-reactive ketones (excluding diaryl/α,β-unsaturated/α-hetero) is 1. The molecule has 0 aliphatic carbocycles. The number of likely N-dealkylation sites (N-methyl/N-ethyl adjacent to an activating group) is 1. The van der Waals surface area contributed by atoms with Crippen LogP contribution < -0.4 is 9.47 Å². The molecule has 1 aliphatic rings. The molecule has 2 aromatic rings. The van der Waals surface area contributed by atoms with Crippen LogP contribution in [0.5, 0.6) is 11.5 Å². The van der Waals surface area contributed by atoms with Gasteiger partial charge in [-0.15, -0.1) is 0 Å². The van der Waals surface area contributed by atoms with Gasteiger partial charge in [0.25, 0.3) is 11.7 Å². The topological polar surface area (TPSA) is 79.3 Å². The summed E-state index contributed by atoms with van der Waals surface area (Å²) in [6.45, 7) is 5.84. The van der Waals surface area contributed by atoms with Crippen molar-refractivity contribution in [3.63, 3.8) is 0 Å². The van der Waals surface area contributed by atoms with Crippen molar-refractivity contribution in [3.8, 4) is 11.5 Å². The van der Waals surface area contributed by atoms with Crippen molar-refractivity contribution in [2.45, 2.75) is 26.3 Å². The van der Waals surface area contributed by atoms with Crippen LogP contribution in [0.4, 0.5) is 0 Å². The number of rotatable bonds is 10. The molecule has 3 rings (SSSR count). The van der Waals surface area contributed by atoms with Crippen molar-refractivity contribution in [3.05, 3.63) is 65.2 Å². The van der Waals surface area contributed by atoms with Gasteiger partial charge in [0.05, 0.1) is 24.8 Å². The fourth-order valence-corrected chi connectivity index (χ4v) is 3.82. The van der Waals surface area contributed by atoms with Crippen LogP contribution in [0.25, 0.3) is 5.76 Å². The van der Waals surface area contributed by atoms with Crippen LogP contribution in [0.3, 0.4) is 0 Å². The Morgan fingerprint density at radius 2 is 1.73 bits per heavy atom. The average Bonchev–Trinajstić information content (AvgIpc) is 3.06. The summed E-state index contributed by atoms with van der Waals surface area (Å²) in [5.74, 6) is -0.278. The number of nitrogens with zero attached hydrogens (tertiary/aromatic N) is 2. The number of carbonyl (C=O) groups is 2. The van der Waals surface area contributed by atoms with Crippen molar-refractivity contribution >= 4 is 17.4 Å². The highest BCUT2D eigenvalue weighted by Crippen LogP contribution is 2.42. The molecule has 7 heteroatoms. The molecule has 0 bridgehead atoms. The quantitative estimate of drug-likeness (QED) is 0.335. The van der Waals surface area contributed by atoms with Crippen LogP contribution in [0, 0.1) is 0 Å². The number of ether oxygens (including phenoxy) is 2. The minimum atomic E-state index is -0.747. The zero-order chi connectivity index (χ0) is 24.0. The standard InChI is InChI=1S/C26H32N2O5/c1-5-17-33-19-13-11-18(12-14-19)24(29)22-23(20-9-7-8-10-21(20)32-6-2)28(16-15-27(3)4)26(31)25(22)30/h7-14,23,29H,5-6,15-17H2,1-4H3/b24-22+. The van der Waals surface area contributed by atoms with Gasteiger partial charge in [-0.05, 0) is 57.8 Å². The molecular weight excluding hydrogens is 420 g/mol. The molecule has 1 fully saturated rings. The minimum Gasteiger partial charge on any atom is -0.507 e. The highest BCUT2D eigenvalue weighted by atomic mass is 16.5. The summed E-state index contributed by atoms with van der Waals surface area (Å²) in [6.07, 6.45) is 0.886. The first-order valence-electron chi connectivity index (χ1n) is 11.3. The van der Waals surface area contributed by atoms with Gasteiger partial charge in [0.15, 0.2) is 0 Å². The fraction of sp³-hybridized carbons (Fsp3) is 0.385. The Kier molecular flexibility index (Phi) is 8.11. The Balaban J connectivity index is 2.10. The number of carbonyl (C=O) groups excluding carboxylic acids is 2. The SMILES string of the molecule is CCCOc1ccc(/C(O)=C2\C(=O)C(=O)N(CCN(C)C)C2c2ccccc2OCC)cc1. The van der Waals surface area contributed by atoms with Gasteiger partial charge in [0.1, 0.15) is 17.3 Å². The largest absolute Gasteiger partial charge is 0.507 e. The number of amides is 1. The molecule has 176 valence electrons. The van der Waals surface area contributed by atoms with Crippen molar-refractivity contribution in [2.75, 3.05) is 40.4 Å². The van der Waals surface area contributed by atoms with E-state index in [0.717, 1.165) is 6.42 Å². The molecule has 1 atom stereocenters.